The van der Waals surface area contributed by atoms with Gasteiger partial charge in [0.25, 0.3) is 0 Å². The molecule has 7 nitrogen and oxygen atoms in total. The molecule has 1 amide bonds. The van der Waals surface area contributed by atoms with Gasteiger partial charge >= 0.3 is 0 Å². The van der Waals surface area contributed by atoms with Crippen LogP contribution in [0.4, 0.5) is 0 Å². The van der Waals surface area contributed by atoms with Gasteiger partial charge in [-0.2, -0.15) is 0 Å². The number of carbonyl (C=O) groups excluding carboxylic acids is 1. The molecule has 2 rings (SSSR count). The van der Waals surface area contributed by atoms with Crippen LogP contribution in [0, 0.1) is 0 Å². The molecule has 1 aliphatic heterocycles. The molecule has 0 saturated heterocycles. The van der Waals surface area contributed by atoms with Crippen molar-refractivity contribution in [2.24, 2.45) is 5.16 Å². The standard InChI is InChI=1S/C15H21N3O4/c1-11(19)16-15(17-21-9-8-18(2)3)14-10-20-12-6-4-5-7-13(12)22-14/h4-7,14H,8-10H2,1-3H3,(H,16,17,19). The average Bonchev–Trinajstić information content (AvgIpc) is 2.49. The number of oxime groups is 1. The van der Waals surface area contributed by atoms with Gasteiger partial charge in [-0.15, -0.1) is 0 Å². The molecule has 0 fully saturated rings. The number of amidine groups is 1. The predicted octanol–water partition coefficient (Wildman–Crippen LogP) is 0.854. The Balaban J connectivity index is 2.03. The van der Waals surface area contributed by atoms with Crippen molar-refractivity contribution in [3.63, 3.8) is 0 Å². The van der Waals surface area contributed by atoms with E-state index >= 15 is 0 Å². The maximum atomic E-state index is 11.3. The molecule has 1 atom stereocenters. The molecule has 0 aromatic heterocycles. The van der Waals surface area contributed by atoms with E-state index in [1.807, 2.05) is 37.2 Å². The molecule has 22 heavy (non-hydrogen) atoms. The maximum Gasteiger partial charge on any atom is 0.222 e. The summed E-state index contributed by atoms with van der Waals surface area (Å²) in [6.45, 7) is 2.81. The summed E-state index contributed by atoms with van der Waals surface area (Å²) in [6.07, 6.45) is -0.516. The molecule has 1 aromatic carbocycles. The maximum absolute atomic E-state index is 11.3. The summed E-state index contributed by atoms with van der Waals surface area (Å²) in [7, 11) is 3.88. The van der Waals surface area contributed by atoms with Crippen molar-refractivity contribution in [2.75, 3.05) is 33.9 Å². The van der Waals surface area contributed by atoms with Crippen LogP contribution in [-0.2, 0) is 9.63 Å². The second kappa shape index (κ2) is 7.65. The van der Waals surface area contributed by atoms with Crippen molar-refractivity contribution in [1.82, 2.24) is 10.2 Å². The summed E-state index contributed by atoms with van der Waals surface area (Å²) in [5.74, 6) is 1.36. The first-order valence-corrected chi connectivity index (χ1v) is 7.07. The molecular weight excluding hydrogens is 286 g/mol. The zero-order chi connectivity index (χ0) is 15.9. The summed E-state index contributed by atoms with van der Waals surface area (Å²) in [6, 6.07) is 7.36. The minimum Gasteiger partial charge on any atom is -0.485 e. The van der Waals surface area contributed by atoms with Crippen LogP contribution in [-0.4, -0.2) is 56.6 Å². The molecule has 7 heteroatoms. The van der Waals surface area contributed by atoms with Crippen molar-refractivity contribution in [3.05, 3.63) is 24.3 Å². The van der Waals surface area contributed by atoms with E-state index in [0.717, 1.165) is 6.54 Å². The van der Waals surface area contributed by atoms with Gasteiger partial charge in [0.15, 0.2) is 23.4 Å². The molecule has 1 aromatic rings. The van der Waals surface area contributed by atoms with Crippen LogP contribution < -0.4 is 14.8 Å². The highest BCUT2D eigenvalue weighted by Gasteiger charge is 2.27. The van der Waals surface area contributed by atoms with Crippen LogP contribution in [0.2, 0.25) is 0 Å². The van der Waals surface area contributed by atoms with Gasteiger partial charge in [0.05, 0.1) is 0 Å². The third-order valence-corrected chi connectivity index (χ3v) is 2.91. The highest BCUT2D eigenvalue weighted by molar-refractivity contribution is 5.99. The fourth-order valence-corrected chi connectivity index (χ4v) is 1.84. The van der Waals surface area contributed by atoms with Crippen LogP contribution in [0.25, 0.3) is 0 Å². The number of nitrogens with one attached hydrogen (secondary N) is 1. The Kier molecular flexibility index (Phi) is 5.60. The number of amides is 1. The van der Waals surface area contributed by atoms with E-state index in [4.69, 9.17) is 14.3 Å². The summed E-state index contributed by atoms with van der Waals surface area (Å²) >= 11 is 0. The number of fused-ring (bicyclic) bond motifs is 1. The van der Waals surface area contributed by atoms with Gasteiger partial charge in [0, 0.05) is 13.5 Å². The number of hydrogen-bond donors (Lipinski definition) is 1. The topological polar surface area (TPSA) is 72.4 Å². The minimum atomic E-state index is -0.516. The number of para-hydroxylation sites is 2. The Morgan fingerprint density at radius 2 is 2.14 bits per heavy atom. The average molecular weight is 307 g/mol. The lowest BCUT2D eigenvalue weighted by atomic mass is 10.2. The first kappa shape index (κ1) is 16.1. The molecule has 0 bridgehead atoms. The van der Waals surface area contributed by atoms with Gasteiger partial charge in [-0.3, -0.25) is 4.79 Å². The van der Waals surface area contributed by atoms with Gasteiger partial charge in [-0.05, 0) is 26.2 Å². The molecule has 0 radical (unpaired) electrons. The number of nitrogens with zero attached hydrogens (tertiary/aromatic N) is 2. The van der Waals surface area contributed by atoms with E-state index in [2.05, 4.69) is 10.5 Å². The second-order valence-corrected chi connectivity index (χ2v) is 5.16. The van der Waals surface area contributed by atoms with Crippen LogP contribution >= 0.6 is 0 Å². The molecule has 0 saturated carbocycles. The molecule has 1 aliphatic rings. The van der Waals surface area contributed by atoms with Crippen LogP contribution in [0.15, 0.2) is 29.4 Å². The largest absolute Gasteiger partial charge is 0.485 e. The fraction of sp³-hybridized carbons (Fsp3) is 0.467. The second-order valence-electron chi connectivity index (χ2n) is 5.16. The summed E-state index contributed by atoms with van der Waals surface area (Å²) in [5, 5.41) is 6.62. The SMILES string of the molecule is CC(=O)N/C(=N\OCCN(C)C)C1COc2ccccc2O1. The highest BCUT2D eigenvalue weighted by Crippen LogP contribution is 2.30. The lowest BCUT2D eigenvalue weighted by Gasteiger charge is -2.26. The lowest BCUT2D eigenvalue weighted by Crippen LogP contribution is -2.45. The van der Waals surface area contributed by atoms with E-state index in [1.54, 1.807) is 6.07 Å². The highest BCUT2D eigenvalue weighted by atomic mass is 16.6. The first-order chi connectivity index (χ1) is 10.6. The Bertz CT molecular complexity index is 545. The third-order valence-electron chi connectivity index (χ3n) is 2.91. The van der Waals surface area contributed by atoms with E-state index in [1.165, 1.54) is 6.92 Å². The van der Waals surface area contributed by atoms with E-state index in [9.17, 15) is 4.79 Å². The van der Waals surface area contributed by atoms with Crippen LogP contribution in [0.1, 0.15) is 6.92 Å². The Morgan fingerprint density at radius 1 is 1.41 bits per heavy atom. The Hall–Kier alpha value is -2.28. The van der Waals surface area contributed by atoms with E-state index < -0.39 is 6.10 Å². The molecule has 0 aliphatic carbocycles. The van der Waals surface area contributed by atoms with Gasteiger partial charge in [-0.1, -0.05) is 17.3 Å². The minimum absolute atomic E-state index is 0.239. The van der Waals surface area contributed by atoms with Crippen molar-refractivity contribution < 1.29 is 19.1 Å². The number of rotatable bonds is 5. The van der Waals surface area contributed by atoms with Crippen LogP contribution in [0.3, 0.4) is 0 Å². The number of ether oxygens (including phenoxy) is 2. The number of carbonyl (C=O) groups is 1. The van der Waals surface area contributed by atoms with E-state index in [0.29, 0.717) is 23.9 Å². The number of likely N-dealkylation sites (N-methyl/N-ethyl adjacent to an activating group) is 1. The molecule has 1 unspecified atom stereocenters. The van der Waals surface area contributed by atoms with Crippen molar-refractivity contribution in [1.29, 1.82) is 0 Å². The lowest BCUT2D eigenvalue weighted by molar-refractivity contribution is -0.117. The zero-order valence-corrected chi connectivity index (χ0v) is 13.0. The van der Waals surface area contributed by atoms with Crippen molar-refractivity contribution in [3.8, 4) is 11.5 Å². The van der Waals surface area contributed by atoms with Gasteiger partial charge in [-0.25, -0.2) is 0 Å². The fourth-order valence-electron chi connectivity index (χ4n) is 1.84. The molecule has 0 spiro atoms. The zero-order valence-electron chi connectivity index (χ0n) is 13.0. The molecule has 1 heterocycles. The normalized spacial score (nSPS) is 17.3. The Morgan fingerprint density at radius 3 is 2.82 bits per heavy atom. The smallest absolute Gasteiger partial charge is 0.222 e. The monoisotopic (exact) mass is 307 g/mol. The summed E-state index contributed by atoms with van der Waals surface area (Å²) in [4.78, 5) is 18.6. The number of benzene rings is 1. The van der Waals surface area contributed by atoms with Gasteiger partial charge in [0.1, 0.15) is 13.2 Å². The van der Waals surface area contributed by atoms with Crippen molar-refractivity contribution >= 4 is 11.7 Å². The van der Waals surface area contributed by atoms with Gasteiger partial charge in [0.2, 0.25) is 5.91 Å². The molecule has 120 valence electrons. The first-order valence-electron chi connectivity index (χ1n) is 7.07. The van der Waals surface area contributed by atoms with Gasteiger partial charge < -0.3 is 24.5 Å². The Labute approximate surface area is 129 Å². The molecule has 1 N–H and O–H groups in total. The van der Waals surface area contributed by atoms with E-state index in [-0.39, 0.29) is 12.5 Å². The molecular formula is C15H21N3O4. The van der Waals surface area contributed by atoms with Crippen molar-refractivity contribution in [2.45, 2.75) is 13.0 Å². The quantitative estimate of drug-likeness (QED) is 0.378. The number of hydrogen-bond acceptors (Lipinski definition) is 6. The predicted molar refractivity (Wildman–Crippen MR) is 82.1 cm³/mol. The third kappa shape index (κ3) is 4.63. The van der Waals surface area contributed by atoms with Crippen LogP contribution in [0.5, 0.6) is 11.5 Å². The summed E-state index contributed by atoms with van der Waals surface area (Å²) in [5.41, 5.74) is 0. The summed E-state index contributed by atoms with van der Waals surface area (Å²) < 4.78 is 11.4.